The second-order valence-corrected chi connectivity index (χ2v) is 8.61. The zero-order valence-electron chi connectivity index (χ0n) is 17.8. The Kier molecular flexibility index (Phi) is 6.03. The van der Waals surface area contributed by atoms with Gasteiger partial charge in [-0.05, 0) is 35.6 Å². The van der Waals surface area contributed by atoms with Crippen molar-refractivity contribution in [1.29, 1.82) is 0 Å². The minimum atomic E-state index is -0.890. The first-order chi connectivity index (χ1) is 15.6. The Morgan fingerprint density at radius 3 is 2.09 bits per heavy atom. The van der Waals surface area contributed by atoms with Crippen LogP contribution >= 0.6 is 0 Å². The monoisotopic (exact) mass is 438 g/mol. The van der Waals surface area contributed by atoms with E-state index in [1.54, 1.807) is 42.5 Å². The Bertz CT molecular complexity index is 1100. The van der Waals surface area contributed by atoms with Crippen LogP contribution in [0, 0.1) is 17.5 Å². The van der Waals surface area contributed by atoms with E-state index in [0.29, 0.717) is 29.9 Å². The fraction of sp³-hybridized carbons (Fsp3) is 0.333. The van der Waals surface area contributed by atoms with Crippen LogP contribution < -0.4 is 0 Å². The third-order valence-corrected chi connectivity index (χ3v) is 6.37. The van der Waals surface area contributed by atoms with Crippen molar-refractivity contribution in [2.75, 3.05) is 6.61 Å². The maximum Gasteiger partial charge on any atom is 0.167 e. The third kappa shape index (κ3) is 4.45. The molecule has 3 aromatic carbocycles. The van der Waals surface area contributed by atoms with Crippen LogP contribution in [-0.2, 0) is 16.1 Å². The molecular formula is C27H25F3O2. The molecular weight excluding hydrogens is 413 g/mol. The van der Waals surface area contributed by atoms with Crippen LogP contribution in [0.2, 0.25) is 0 Å². The molecule has 0 N–H and O–H groups in total. The van der Waals surface area contributed by atoms with Gasteiger partial charge in [0.25, 0.3) is 0 Å². The van der Waals surface area contributed by atoms with Gasteiger partial charge in [-0.15, -0.1) is 0 Å². The lowest BCUT2D eigenvalue weighted by molar-refractivity contribution is 0.0168. The van der Waals surface area contributed by atoms with Crippen LogP contribution in [0.5, 0.6) is 0 Å². The SMILES string of the molecule is Fc1cc(COC2CCCCC2)ccc1-c1ccc(-c2ccc(C3CO3)c(F)c2F)cc1. The summed E-state index contributed by atoms with van der Waals surface area (Å²) in [6.07, 6.45) is 5.75. The van der Waals surface area contributed by atoms with Crippen LogP contribution in [0.4, 0.5) is 13.2 Å². The lowest BCUT2D eigenvalue weighted by Gasteiger charge is -2.22. The number of benzene rings is 3. The second kappa shape index (κ2) is 9.08. The summed E-state index contributed by atoms with van der Waals surface area (Å²) in [4.78, 5) is 0. The standard InChI is InChI=1S/C27H25F3O2/c28-24-14-17(15-31-20-4-2-1-3-5-20)6-11-21(24)18-7-9-19(10-8-18)22-12-13-23(25-16-32-25)27(30)26(22)29/h6-14,20,25H,1-5,15-16H2. The van der Waals surface area contributed by atoms with Gasteiger partial charge in [0.1, 0.15) is 11.9 Å². The molecule has 1 saturated heterocycles. The Balaban J connectivity index is 1.31. The van der Waals surface area contributed by atoms with Crippen molar-refractivity contribution in [2.24, 2.45) is 0 Å². The van der Waals surface area contributed by atoms with Crippen LogP contribution in [0.1, 0.15) is 49.3 Å². The largest absolute Gasteiger partial charge is 0.374 e. The minimum Gasteiger partial charge on any atom is -0.374 e. The van der Waals surface area contributed by atoms with Crippen molar-refractivity contribution >= 4 is 0 Å². The molecule has 1 atom stereocenters. The van der Waals surface area contributed by atoms with Crippen molar-refractivity contribution in [3.63, 3.8) is 0 Å². The molecule has 1 heterocycles. The second-order valence-electron chi connectivity index (χ2n) is 8.61. The normalized spacial score (nSPS) is 18.7. The number of ether oxygens (including phenoxy) is 2. The van der Waals surface area contributed by atoms with E-state index in [-0.39, 0.29) is 29.2 Å². The highest BCUT2D eigenvalue weighted by atomic mass is 19.2. The van der Waals surface area contributed by atoms with Crippen LogP contribution in [-0.4, -0.2) is 12.7 Å². The molecule has 3 aromatic rings. The summed E-state index contributed by atoms with van der Waals surface area (Å²) in [7, 11) is 0. The molecule has 1 unspecified atom stereocenters. The van der Waals surface area contributed by atoms with Crippen LogP contribution in [0.3, 0.4) is 0 Å². The molecule has 0 bridgehead atoms. The number of rotatable bonds is 6. The molecule has 5 rings (SSSR count). The predicted octanol–water partition coefficient (Wildman–Crippen LogP) is 7.36. The first-order valence-corrected chi connectivity index (χ1v) is 11.2. The summed E-state index contributed by atoms with van der Waals surface area (Å²) in [5, 5.41) is 0. The molecule has 2 aliphatic rings. The van der Waals surface area contributed by atoms with Crippen molar-refractivity contribution in [3.05, 3.63) is 83.2 Å². The maximum absolute atomic E-state index is 14.8. The summed E-state index contributed by atoms with van der Waals surface area (Å²) in [5.41, 5.74) is 2.91. The lowest BCUT2D eigenvalue weighted by atomic mass is 9.97. The van der Waals surface area contributed by atoms with E-state index in [0.717, 1.165) is 18.4 Å². The van der Waals surface area contributed by atoms with Gasteiger partial charge in [-0.25, -0.2) is 13.2 Å². The molecule has 1 aliphatic carbocycles. The average molecular weight is 438 g/mol. The first kappa shape index (κ1) is 21.2. The number of hydrogen-bond acceptors (Lipinski definition) is 2. The van der Waals surface area contributed by atoms with Crippen LogP contribution in [0.15, 0.2) is 54.6 Å². The molecule has 1 aliphatic heterocycles. The molecule has 0 amide bonds. The minimum absolute atomic E-state index is 0.175. The summed E-state index contributed by atoms with van der Waals surface area (Å²) < 4.78 is 54.7. The molecule has 1 saturated carbocycles. The lowest BCUT2D eigenvalue weighted by Crippen LogP contribution is -2.16. The van der Waals surface area contributed by atoms with Crippen molar-refractivity contribution in [2.45, 2.75) is 50.9 Å². The Labute approximate surface area is 186 Å². The van der Waals surface area contributed by atoms with Crippen molar-refractivity contribution < 1.29 is 22.6 Å². The van der Waals surface area contributed by atoms with Crippen molar-refractivity contribution in [3.8, 4) is 22.3 Å². The van der Waals surface area contributed by atoms with E-state index in [1.165, 1.54) is 25.3 Å². The molecule has 166 valence electrons. The molecule has 5 heteroatoms. The topological polar surface area (TPSA) is 21.8 Å². The predicted molar refractivity (Wildman–Crippen MR) is 118 cm³/mol. The average Bonchev–Trinajstić information content (AvgIpc) is 3.66. The zero-order chi connectivity index (χ0) is 22.1. The fourth-order valence-corrected chi connectivity index (χ4v) is 4.42. The summed E-state index contributed by atoms with van der Waals surface area (Å²) in [5.74, 6) is -2.08. The van der Waals surface area contributed by atoms with Gasteiger partial charge in [0.2, 0.25) is 0 Å². The molecule has 2 fully saturated rings. The van der Waals surface area contributed by atoms with Gasteiger partial charge in [0.15, 0.2) is 11.6 Å². The molecule has 0 aromatic heterocycles. The van der Waals surface area contributed by atoms with E-state index in [9.17, 15) is 13.2 Å². The highest BCUT2D eigenvalue weighted by Gasteiger charge is 2.30. The number of hydrogen-bond donors (Lipinski definition) is 0. The van der Waals surface area contributed by atoms with Gasteiger partial charge in [-0.1, -0.05) is 67.8 Å². The fourth-order valence-electron chi connectivity index (χ4n) is 4.42. The maximum atomic E-state index is 14.8. The Morgan fingerprint density at radius 1 is 0.781 bits per heavy atom. The van der Waals surface area contributed by atoms with Crippen molar-refractivity contribution in [1.82, 2.24) is 0 Å². The van der Waals surface area contributed by atoms with Crippen LogP contribution in [0.25, 0.3) is 22.3 Å². The summed E-state index contributed by atoms with van der Waals surface area (Å²) in [6, 6.07) is 15.1. The van der Waals surface area contributed by atoms with Gasteiger partial charge >= 0.3 is 0 Å². The quantitative estimate of drug-likeness (QED) is 0.375. The van der Waals surface area contributed by atoms with Gasteiger partial charge in [-0.2, -0.15) is 0 Å². The van der Waals surface area contributed by atoms with Gasteiger partial charge < -0.3 is 9.47 Å². The molecule has 2 nitrogen and oxygen atoms in total. The first-order valence-electron chi connectivity index (χ1n) is 11.2. The summed E-state index contributed by atoms with van der Waals surface area (Å²) in [6.45, 7) is 0.828. The highest BCUT2D eigenvalue weighted by molar-refractivity contribution is 5.71. The Morgan fingerprint density at radius 2 is 1.44 bits per heavy atom. The molecule has 0 radical (unpaired) electrons. The summed E-state index contributed by atoms with van der Waals surface area (Å²) >= 11 is 0. The third-order valence-electron chi connectivity index (χ3n) is 6.37. The zero-order valence-corrected chi connectivity index (χ0v) is 17.8. The van der Waals surface area contributed by atoms with E-state index in [4.69, 9.17) is 9.47 Å². The highest BCUT2D eigenvalue weighted by Crippen LogP contribution is 2.36. The van der Waals surface area contributed by atoms with Gasteiger partial charge in [0.05, 0.1) is 19.3 Å². The smallest absolute Gasteiger partial charge is 0.167 e. The molecule has 0 spiro atoms. The van der Waals surface area contributed by atoms with Gasteiger partial charge in [-0.3, -0.25) is 0 Å². The number of epoxide rings is 1. The van der Waals surface area contributed by atoms with E-state index in [1.807, 2.05) is 6.07 Å². The van der Waals surface area contributed by atoms with Gasteiger partial charge in [0, 0.05) is 16.7 Å². The number of halogens is 3. The Hall–Kier alpha value is -2.63. The van der Waals surface area contributed by atoms with E-state index >= 15 is 0 Å². The molecule has 32 heavy (non-hydrogen) atoms. The van der Waals surface area contributed by atoms with E-state index < -0.39 is 11.6 Å². The van der Waals surface area contributed by atoms with E-state index in [2.05, 4.69) is 0 Å².